The van der Waals surface area contributed by atoms with E-state index in [0.29, 0.717) is 12.1 Å². The molecule has 1 aromatic rings. The fourth-order valence-corrected chi connectivity index (χ4v) is 3.93. The standard InChI is InChI=1S/C18H26F2N2O2/c19-18(20)24-17-7-5-14(6-8-17)11-21-9-1-3-15(21)12-22-10-2-4-16(22)13-23/h5-8,15-16,18,23H,1-4,9-13H2. The van der Waals surface area contributed by atoms with Crippen molar-refractivity contribution in [3.05, 3.63) is 29.8 Å². The topological polar surface area (TPSA) is 35.9 Å². The van der Waals surface area contributed by atoms with Crippen molar-refractivity contribution in [1.82, 2.24) is 9.80 Å². The number of ether oxygens (including phenoxy) is 1. The lowest BCUT2D eigenvalue weighted by molar-refractivity contribution is -0.0498. The Kier molecular flexibility index (Phi) is 6.03. The normalized spacial score (nSPS) is 25.7. The maximum atomic E-state index is 12.2. The Morgan fingerprint density at radius 3 is 2.38 bits per heavy atom. The number of aliphatic hydroxyl groups excluding tert-OH is 1. The minimum absolute atomic E-state index is 0.203. The van der Waals surface area contributed by atoms with Crippen LogP contribution in [0.15, 0.2) is 24.3 Å². The highest BCUT2D eigenvalue weighted by Gasteiger charge is 2.31. The van der Waals surface area contributed by atoms with Gasteiger partial charge in [0.25, 0.3) is 0 Å². The van der Waals surface area contributed by atoms with Crippen molar-refractivity contribution in [3.63, 3.8) is 0 Å². The molecule has 0 radical (unpaired) electrons. The number of hydrogen-bond donors (Lipinski definition) is 1. The van der Waals surface area contributed by atoms with Crippen LogP contribution in [0.25, 0.3) is 0 Å². The van der Waals surface area contributed by atoms with Crippen LogP contribution < -0.4 is 4.74 Å². The molecule has 2 heterocycles. The van der Waals surface area contributed by atoms with Gasteiger partial charge in [-0.1, -0.05) is 12.1 Å². The summed E-state index contributed by atoms with van der Waals surface area (Å²) < 4.78 is 28.8. The van der Waals surface area contributed by atoms with Crippen molar-refractivity contribution < 1.29 is 18.6 Å². The molecule has 0 spiro atoms. The van der Waals surface area contributed by atoms with Crippen molar-refractivity contribution in [2.45, 2.75) is 50.9 Å². The number of halogens is 2. The number of rotatable bonds is 7. The predicted octanol–water partition coefficient (Wildman–Crippen LogP) is 2.71. The second-order valence-corrected chi connectivity index (χ2v) is 6.76. The first-order valence-electron chi connectivity index (χ1n) is 8.78. The van der Waals surface area contributed by atoms with E-state index in [2.05, 4.69) is 14.5 Å². The maximum absolute atomic E-state index is 12.2. The lowest BCUT2D eigenvalue weighted by atomic mass is 10.1. The van der Waals surface area contributed by atoms with E-state index in [9.17, 15) is 13.9 Å². The van der Waals surface area contributed by atoms with Crippen LogP contribution in [0.4, 0.5) is 8.78 Å². The van der Waals surface area contributed by atoms with Gasteiger partial charge in [0, 0.05) is 25.2 Å². The number of nitrogens with zero attached hydrogens (tertiary/aromatic N) is 2. The third-order valence-electron chi connectivity index (χ3n) is 5.19. The largest absolute Gasteiger partial charge is 0.435 e. The molecule has 134 valence electrons. The zero-order valence-corrected chi connectivity index (χ0v) is 13.9. The van der Waals surface area contributed by atoms with Crippen molar-refractivity contribution >= 4 is 0 Å². The molecule has 1 N–H and O–H groups in total. The van der Waals surface area contributed by atoms with Gasteiger partial charge in [-0.15, -0.1) is 0 Å². The van der Waals surface area contributed by atoms with Crippen LogP contribution in [-0.4, -0.2) is 59.8 Å². The molecule has 1 aromatic carbocycles. The summed E-state index contributed by atoms with van der Waals surface area (Å²) in [4.78, 5) is 4.89. The monoisotopic (exact) mass is 340 g/mol. The molecule has 2 atom stereocenters. The van der Waals surface area contributed by atoms with Crippen molar-refractivity contribution in [2.75, 3.05) is 26.2 Å². The molecular weight excluding hydrogens is 314 g/mol. The van der Waals surface area contributed by atoms with Gasteiger partial charge < -0.3 is 9.84 Å². The van der Waals surface area contributed by atoms with Crippen LogP contribution in [0.1, 0.15) is 31.2 Å². The number of hydrogen-bond acceptors (Lipinski definition) is 4. The summed E-state index contributed by atoms with van der Waals surface area (Å²) in [5.74, 6) is 0.203. The molecule has 0 aliphatic carbocycles. The van der Waals surface area contributed by atoms with E-state index in [1.807, 2.05) is 12.1 Å². The number of alkyl halides is 2. The number of aliphatic hydroxyl groups is 1. The van der Waals surface area contributed by atoms with Gasteiger partial charge in [-0.05, 0) is 56.5 Å². The maximum Gasteiger partial charge on any atom is 0.387 e. The minimum atomic E-state index is -2.78. The van der Waals surface area contributed by atoms with Crippen molar-refractivity contribution in [2.24, 2.45) is 0 Å². The Morgan fingerprint density at radius 1 is 1.04 bits per heavy atom. The van der Waals surface area contributed by atoms with E-state index < -0.39 is 6.61 Å². The lowest BCUT2D eigenvalue weighted by Crippen LogP contribution is -2.43. The Hall–Kier alpha value is -1.24. The second-order valence-electron chi connectivity index (χ2n) is 6.76. The number of likely N-dealkylation sites (tertiary alicyclic amines) is 2. The van der Waals surface area contributed by atoms with Gasteiger partial charge >= 0.3 is 6.61 Å². The molecule has 2 fully saturated rings. The zero-order chi connectivity index (χ0) is 16.9. The van der Waals surface area contributed by atoms with Crippen molar-refractivity contribution in [3.8, 4) is 5.75 Å². The molecule has 2 unspecified atom stereocenters. The summed E-state index contributed by atoms with van der Waals surface area (Å²) in [6.45, 7) is 1.46. The van der Waals surface area contributed by atoms with Gasteiger partial charge in [-0.3, -0.25) is 9.80 Å². The fourth-order valence-electron chi connectivity index (χ4n) is 3.93. The average Bonchev–Trinajstić information content (AvgIpc) is 3.19. The number of benzene rings is 1. The molecule has 2 saturated heterocycles. The van der Waals surface area contributed by atoms with Gasteiger partial charge in [0.05, 0.1) is 6.61 Å². The zero-order valence-electron chi connectivity index (χ0n) is 13.9. The van der Waals surface area contributed by atoms with Crippen LogP contribution in [0, 0.1) is 0 Å². The molecule has 0 bridgehead atoms. The van der Waals surface area contributed by atoms with Gasteiger partial charge in [0.1, 0.15) is 5.75 Å². The molecule has 0 saturated carbocycles. The van der Waals surface area contributed by atoms with Gasteiger partial charge in [0.2, 0.25) is 0 Å². The molecule has 0 amide bonds. The lowest BCUT2D eigenvalue weighted by Gasteiger charge is -2.31. The third kappa shape index (κ3) is 4.43. The molecule has 2 aliphatic rings. The smallest absolute Gasteiger partial charge is 0.387 e. The Labute approximate surface area is 142 Å². The molecule has 2 aliphatic heterocycles. The van der Waals surface area contributed by atoms with E-state index in [-0.39, 0.29) is 12.4 Å². The summed E-state index contributed by atoms with van der Waals surface area (Å²) >= 11 is 0. The molecule has 4 nitrogen and oxygen atoms in total. The Balaban J connectivity index is 1.55. The van der Waals surface area contributed by atoms with Crippen molar-refractivity contribution in [1.29, 1.82) is 0 Å². The van der Waals surface area contributed by atoms with Gasteiger partial charge in [-0.2, -0.15) is 8.78 Å². The fraction of sp³-hybridized carbons (Fsp3) is 0.667. The summed E-state index contributed by atoms with van der Waals surface area (Å²) in [5, 5.41) is 9.48. The average molecular weight is 340 g/mol. The van der Waals surface area contributed by atoms with Crippen LogP contribution in [-0.2, 0) is 6.54 Å². The third-order valence-corrected chi connectivity index (χ3v) is 5.19. The van der Waals surface area contributed by atoms with Crippen LogP contribution in [0.2, 0.25) is 0 Å². The predicted molar refractivity (Wildman–Crippen MR) is 88.2 cm³/mol. The van der Waals surface area contributed by atoms with Crippen LogP contribution >= 0.6 is 0 Å². The van der Waals surface area contributed by atoms with E-state index in [1.54, 1.807) is 12.1 Å². The second kappa shape index (κ2) is 8.23. The summed E-state index contributed by atoms with van der Waals surface area (Å²) in [5.41, 5.74) is 1.11. The van der Waals surface area contributed by atoms with E-state index >= 15 is 0 Å². The van der Waals surface area contributed by atoms with E-state index in [0.717, 1.165) is 38.2 Å². The first-order chi connectivity index (χ1) is 11.7. The van der Waals surface area contributed by atoms with E-state index in [4.69, 9.17) is 0 Å². The van der Waals surface area contributed by atoms with Gasteiger partial charge in [0.15, 0.2) is 0 Å². The SMILES string of the molecule is OCC1CCCN1CC1CCCN1Cc1ccc(OC(F)F)cc1. The highest BCUT2D eigenvalue weighted by Crippen LogP contribution is 2.25. The van der Waals surface area contributed by atoms with Crippen LogP contribution in [0.3, 0.4) is 0 Å². The quantitative estimate of drug-likeness (QED) is 0.828. The first-order valence-corrected chi connectivity index (χ1v) is 8.78. The van der Waals surface area contributed by atoms with Gasteiger partial charge in [-0.25, -0.2) is 0 Å². The summed E-state index contributed by atoms with van der Waals surface area (Å²) in [6, 6.07) is 7.76. The highest BCUT2D eigenvalue weighted by molar-refractivity contribution is 5.27. The first kappa shape index (κ1) is 17.6. The minimum Gasteiger partial charge on any atom is -0.435 e. The molecule has 3 rings (SSSR count). The summed E-state index contributed by atoms with van der Waals surface area (Å²) in [6.07, 6.45) is 4.63. The Bertz CT molecular complexity index is 512. The molecule has 0 aromatic heterocycles. The Morgan fingerprint density at radius 2 is 1.71 bits per heavy atom. The summed E-state index contributed by atoms with van der Waals surface area (Å²) in [7, 11) is 0. The van der Waals surface area contributed by atoms with Crippen LogP contribution in [0.5, 0.6) is 5.75 Å². The molecule has 6 heteroatoms. The molecular formula is C18H26F2N2O2. The molecule has 24 heavy (non-hydrogen) atoms. The highest BCUT2D eigenvalue weighted by atomic mass is 19.3. The van der Waals surface area contributed by atoms with E-state index in [1.165, 1.54) is 19.3 Å².